The maximum atomic E-state index is 11.9. The molecule has 0 aliphatic rings. The summed E-state index contributed by atoms with van der Waals surface area (Å²) < 4.78 is 4.65. The first-order valence-electron chi connectivity index (χ1n) is 7.13. The molecule has 0 radical (unpaired) electrons. The summed E-state index contributed by atoms with van der Waals surface area (Å²) in [5.74, 6) is -0.702. The molecule has 0 aromatic heterocycles. The summed E-state index contributed by atoms with van der Waals surface area (Å²) in [6.45, 7) is 0.338. The molecule has 0 aliphatic carbocycles. The maximum absolute atomic E-state index is 11.9. The molecule has 0 spiro atoms. The Balaban J connectivity index is 1.92. The van der Waals surface area contributed by atoms with Crippen LogP contribution in [0.5, 0.6) is 0 Å². The number of hydrogen-bond donors (Lipinski definition) is 2. The minimum absolute atomic E-state index is 0.00873. The fourth-order valence-corrected chi connectivity index (χ4v) is 2.37. The highest BCUT2D eigenvalue weighted by Gasteiger charge is 2.10. The number of rotatable bonds is 6. The lowest BCUT2D eigenvalue weighted by Gasteiger charge is -2.11. The molecule has 0 heterocycles. The number of methoxy groups -OCH3 is 1. The van der Waals surface area contributed by atoms with Crippen molar-refractivity contribution in [3.8, 4) is 0 Å². The topological polar surface area (TPSA) is 67.4 Å². The summed E-state index contributed by atoms with van der Waals surface area (Å²) in [6, 6.07) is 11.9. The third kappa shape index (κ3) is 4.88. The minimum atomic E-state index is -0.474. The predicted molar refractivity (Wildman–Crippen MR) is 94.6 cm³/mol. The molecular formula is C17H16Cl2N2O3. The number of esters is 1. The molecule has 0 saturated carbocycles. The second-order valence-corrected chi connectivity index (χ2v) is 5.72. The Hall–Kier alpha value is -2.24. The van der Waals surface area contributed by atoms with Gasteiger partial charge in [-0.1, -0.05) is 41.4 Å². The van der Waals surface area contributed by atoms with Crippen LogP contribution in [0.15, 0.2) is 42.5 Å². The summed E-state index contributed by atoms with van der Waals surface area (Å²) in [4.78, 5) is 23.5. The summed E-state index contributed by atoms with van der Waals surface area (Å²) in [5.41, 5.74) is 1.66. The van der Waals surface area contributed by atoms with Gasteiger partial charge in [-0.25, -0.2) is 4.79 Å². The highest BCUT2D eigenvalue weighted by molar-refractivity contribution is 6.33. The van der Waals surface area contributed by atoms with Gasteiger partial charge in [0, 0.05) is 11.6 Å². The van der Waals surface area contributed by atoms with Gasteiger partial charge in [0.05, 0.1) is 29.9 Å². The molecule has 24 heavy (non-hydrogen) atoms. The lowest BCUT2D eigenvalue weighted by Crippen LogP contribution is -2.29. The van der Waals surface area contributed by atoms with Crippen molar-refractivity contribution in [2.75, 3.05) is 19.0 Å². The smallest absolute Gasteiger partial charge is 0.337 e. The molecule has 7 heteroatoms. The first kappa shape index (κ1) is 18.1. The van der Waals surface area contributed by atoms with Gasteiger partial charge in [0.1, 0.15) is 0 Å². The first-order chi connectivity index (χ1) is 11.5. The number of nitrogens with one attached hydrogen (secondary N) is 2. The van der Waals surface area contributed by atoms with E-state index in [0.29, 0.717) is 27.8 Å². The normalized spacial score (nSPS) is 10.1. The van der Waals surface area contributed by atoms with Crippen LogP contribution in [0.1, 0.15) is 15.9 Å². The van der Waals surface area contributed by atoms with E-state index in [9.17, 15) is 9.59 Å². The quantitative estimate of drug-likeness (QED) is 0.767. The number of halogens is 2. The van der Waals surface area contributed by atoms with Gasteiger partial charge >= 0.3 is 5.97 Å². The van der Waals surface area contributed by atoms with Crippen molar-refractivity contribution in [3.63, 3.8) is 0 Å². The predicted octanol–water partition coefficient (Wildman–Crippen LogP) is 3.51. The van der Waals surface area contributed by atoms with E-state index in [4.69, 9.17) is 23.2 Å². The Labute approximate surface area is 149 Å². The molecule has 1 amide bonds. The standard InChI is InChI=1S/C17H16Cl2N2O3/c1-24-17(23)11-6-7-14(19)15(8-11)20-10-16(22)21-9-12-4-2-3-5-13(12)18/h2-8,20H,9-10H2,1H3,(H,21,22). The molecule has 2 aromatic carbocycles. The van der Waals surface area contributed by atoms with E-state index in [1.165, 1.54) is 13.2 Å². The number of ether oxygens (including phenoxy) is 1. The van der Waals surface area contributed by atoms with E-state index >= 15 is 0 Å². The summed E-state index contributed by atoms with van der Waals surface area (Å²) >= 11 is 12.1. The van der Waals surface area contributed by atoms with E-state index < -0.39 is 5.97 Å². The van der Waals surface area contributed by atoms with Crippen LogP contribution in [-0.4, -0.2) is 25.5 Å². The number of carbonyl (C=O) groups excluding carboxylic acids is 2. The van der Waals surface area contributed by atoms with Gasteiger partial charge in [0.2, 0.25) is 5.91 Å². The molecule has 2 aromatic rings. The van der Waals surface area contributed by atoms with Crippen molar-refractivity contribution < 1.29 is 14.3 Å². The maximum Gasteiger partial charge on any atom is 0.337 e. The average molecular weight is 367 g/mol. The Morgan fingerprint density at radius 2 is 1.83 bits per heavy atom. The molecule has 0 fully saturated rings. The number of benzene rings is 2. The van der Waals surface area contributed by atoms with Crippen LogP contribution >= 0.6 is 23.2 Å². The fraction of sp³-hybridized carbons (Fsp3) is 0.176. The van der Waals surface area contributed by atoms with Gasteiger partial charge in [-0.15, -0.1) is 0 Å². The third-order valence-electron chi connectivity index (χ3n) is 3.26. The zero-order valence-corrected chi connectivity index (χ0v) is 14.4. The molecule has 0 saturated heterocycles. The highest BCUT2D eigenvalue weighted by atomic mass is 35.5. The van der Waals surface area contributed by atoms with E-state index in [0.717, 1.165) is 5.56 Å². The lowest BCUT2D eigenvalue weighted by molar-refractivity contribution is -0.119. The largest absolute Gasteiger partial charge is 0.465 e. The Kier molecular flexibility index (Phi) is 6.46. The van der Waals surface area contributed by atoms with Crippen LogP contribution in [0, 0.1) is 0 Å². The van der Waals surface area contributed by atoms with Crippen LogP contribution < -0.4 is 10.6 Å². The summed E-state index contributed by atoms with van der Waals surface area (Å²) in [6.07, 6.45) is 0. The second kappa shape index (κ2) is 8.57. The van der Waals surface area contributed by atoms with Crippen LogP contribution in [0.4, 0.5) is 5.69 Å². The first-order valence-corrected chi connectivity index (χ1v) is 7.88. The fourth-order valence-electron chi connectivity index (χ4n) is 1.98. The van der Waals surface area contributed by atoms with Crippen molar-refractivity contribution in [2.45, 2.75) is 6.54 Å². The van der Waals surface area contributed by atoms with Gasteiger partial charge in [-0.2, -0.15) is 0 Å². The van der Waals surface area contributed by atoms with Crippen LogP contribution in [-0.2, 0) is 16.1 Å². The monoisotopic (exact) mass is 366 g/mol. The van der Waals surface area contributed by atoms with Gasteiger partial charge in [-0.05, 0) is 29.8 Å². The summed E-state index contributed by atoms with van der Waals surface area (Å²) in [7, 11) is 1.30. The van der Waals surface area contributed by atoms with Gasteiger partial charge < -0.3 is 15.4 Å². The molecule has 0 aliphatic heterocycles. The molecule has 0 unspecified atom stereocenters. The Morgan fingerprint density at radius 3 is 2.54 bits per heavy atom. The van der Waals surface area contributed by atoms with Crippen molar-refractivity contribution in [2.24, 2.45) is 0 Å². The molecule has 126 valence electrons. The Morgan fingerprint density at radius 1 is 1.08 bits per heavy atom. The van der Waals surface area contributed by atoms with Crippen molar-refractivity contribution in [1.82, 2.24) is 5.32 Å². The Bertz CT molecular complexity index is 750. The molecule has 2 rings (SSSR count). The van der Waals surface area contributed by atoms with Crippen molar-refractivity contribution in [1.29, 1.82) is 0 Å². The van der Waals surface area contributed by atoms with E-state index in [1.807, 2.05) is 18.2 Å². The van der Waals surface area contributed by atoms with E-state index in [2.05, 4.69) is 15.4 Å². The zero-order chi connectivity index (χ0) is 17.5. The van der Waals surface area contributed by atoms with Crippen LogP contribution in [0.2, 0.25) is 10.0 Å². The van der Waals surface area contributed by atoms with Crippen LogP contribution in [0.25, 0.3) is 0 Å². The molecule has 5 nitrogen and oxygen atoms in total. The van der Waals surface area contributed by atoms with Gasteiger partial charge in [0.25, 0.3) is 0 Å². The molecule has 0 atom stereocenters. The minimum Gasteiger partial charge on any atom is -0.465 e. The van der Waals surface area contributed by atoms with Crippen molar-refractivity contribution >= 4 is 40.8 Å². The zero-order valence-electron chi connectivity index (χ0n) is 12.9. The van der Waals surface area contributed by atoms with Crippen molar-refractivity contribution in [3.05, 3.63) is 63.6 Å². The number of hydrogen-bond acceptors (Lipinski definition) is 4. The molecule has 0 bridgehead atoms. The number of amides is 1. The molecular weight excluding hydrogens is 351 g/mol. The SMILES string of the molecule is COC(=O)c1ccc(Cl)c(NCC(=O)NCc2ccccc2Cl)c1. The second-order valence-electron chi connectivity index (χ2n) is 4.91. The third-order valence-corrected chi connectivity index (χ3v) is 3.96. The van der Waals surface area contributed by atoms with E-state index in [1.54, 1.807) is 18.2 Å². The average Bonchev–Trinajstić information content (AvgIpc) is 2.59. The van der Waals surface area contributed by atoms with Gasteiger partial charge in [0.15, 0.2) is 0 Å². The van der Waals surface area contributed by atoms with Crippen LogP contribution in [0.3, 0.4) is 0 Å². The van der Waals surface area contributed by atoms with Gasteiger partial charge in [-0.3, -0.25) is 4.79 Å². The number of carbonyl (C=O) groups is 2. The molecule has 2 N–H and O–H groups in total. The van der Waals surface area contributed by atoms with E-state index in [-0.39, 0.29) is 12.5 Å². The summed E-state index contributed by atoms with van der Waals surface area (Å²) in [5, 5.41) is 6.66. The lowest BCUT2D eigenvalue weighted by atomic mass is 10.2. The highest BCUT2D eigenvalue weighted by Crippen LogP contribution is 2.23. The number of anilines is 1.